The summed E-state index contributed by atoms with van der Waals surface area (Å²) in [6.07, 6.45) is 1.46. The zero-order chi connectivity index (χ0) is 11.8. The average Bonchev–Trinajstić information content (AvgIpc) is 2.66. The molecule has 3 nitrogen and oxygen atoms in total. The van der Waals surface area contributed by atoms with Gasteiger partial charge in [0.05, 0.1) is 13.2 Å². The molecule has 1 N–H and O–H groups in total. The lowest BCUT2D eigenvalue weighted by atomic mass is 10.0. The number of aromatic amines is 1. The van der Waals surface area contributed by atoms with Gasteiger partial charge in [0, 0.05) is 35.0 Å². The molecule has 1 aromatic carbocycles. The number of hydrogen-bond donors (Lipinski definition) is 1. The second-order valence-electron chi connectivity index (χ2n) is 4.64. The van der Waals surface area contributed by atoms with Crippen molar-refractivity contribution in [2.24, 2.45) is 0 Å². The van der Waals surface area contributed by atoms with Crippen LogP contribution in [0, 0.1) is 0 Å². The Balaban J connectivity index is 2.11. The Labute approximate surface area is 99.8 Å². The van der Waals surface area contributed by atoms with Crippen molar-refractivity contribution in [2.75, 3.05) is 6.61 Å². The molecule has 0 atom stereocenters. The molecule has 0 bridgehead atoms. The third-order valence-electron chi connectivity index (χ3n) is 3.25. The fraction of sp³-hybridized carbons (Fsp3) is 0.357. The molecule has 0 fully saturated rings. The van der Waals surface area contributed by atoms with Gasteiger partial charge in [-0.3, -0.25) is 4.79 Å². The minimum Gasteiger partial charge on any atom is -0.376 e. The summed E-state index contributed by atoms with van der Waals surface area (Å²) in [6.45, 7) is 3.10. The third-order valence-corrected chi connectivity index (χ3v) is 3.25. The van der Waals surface area contributed by atoms with Crippen molar-refractivity contribution in [1.29, 1.82) is 0 Å². The van der Waals surface area contributed by atoms with Gasteiger partial charge < -0.3 is 9.72 Å². The highest BCUT2D eigenvalue weighted by Gasteiger charge is 2.15. The van der Waals surface area contributed by atoms with Gasteiger partial charge >= 0.3 is 0 Å². The van der Waals surface area contributed by atoms with Crippen molar-refractivity contribution >= 4 is 16.7 Å². The Morgan fingerprint density at radius 3 is 3.18 bits per heavy atom. The first-order valence-corrected chi connectivity index (χ1v) is 5.93. The molecule has 0 spiro atoms. The molecule has 1 aliphatic heterocycles. The third kappa shape index (κ3) is 1.87. The number of ketones is 1. The van der Waals surface area contributed by atoms with Crippen LogP contribution < -0.4 is 0 Å². The summed E-state index contributed by atoms with van der Waals surface area (Å²) in [4.78, 5) is 14.6. The van der Waals surface area contributed by atoms with Crippen LogP contribution in [0.2, 0.25) is 0 Å². The smallest absolute Gasteiger partial charge is 0.134 e. The maximum Gasteiger partial charge on any atom is 0.134 e. The molecule has 0 saturated heterocycles. The van der Waals surface area contributed by atoms with E-state index in [1.165, 1.54) is 16.6 Å². The normalized spacial score (nSPS) is 14.9. The minimum absolute atomic E-state index is 0.199. The number of nitrogens with one attached hydrogen (secondary N) is 1. The topological polar surface area (TPSA) is 42.1 Å². The van der Waals surface area contributed by atoms with Crippen molar-refractivity contribution in [3.8, 4) is 0 Å². The molecule has 0 aliphatic carbocycles. The number of carbonyl (C=O) groups excluding carboxylic acids is 1. The lowest BCUT2D eigenvalue weighted by Gasteiger charge is -2.11. The van der Waals surface area contributed by atoms with Crippen LogP contribution in [0.15, 0.2) is 18.2 Å². The molecule has 0 amide bonds. The zero-order valence-electron chi connectivity index (χ0n) is 9.88. The number of aromatic nitrogens is 1. The highest BCUT2D eigenvalue weighted by Crippen LogP contribution is 2.27. The molecular formula is C14H15NO2. The SMILES string of the molecule is CC(=O)Cc1ccc2[nH]c3c(c2c1)COCC3. The maximum absolute atomic E-state index is 11.1. The quantitative estimate of drug-likeness (QED) is 0.859. The number of rotatable bonds is 2. The van der Waals surface area contributed by atoms with Gasteiger partial charge in [0.25, 0.3) is 0 Å². The molecular weight excluding hydrogens is 214 g/mol. The molecule has 1 aliphatic rings. The number of hydrogen-bond acceptors (Lipinski definition) is 2. The van der Waals surface area contributed by atoms with Gasteiger partial charge in [-0.1, -0.05) is 6.07 Å². The number of Topliss-reactive ketones (excluding diaryl/α,β-unsaturated/α-hetero) is 1. The van der Waals surface area contributed by atoms with Gasteiger partial charge in [0.1, 0.15) is 5.78 Å². The highest BCUT2D eigenvalue weighted by molar-refractivity contribution is 5.87. The summed E-state index contributed by atoms with van der Waals surface area (Å²) in [5.41, 5.74) is 4.77. The number of H-pyrrole nitrogens is 1. The van der Waals surface area contributed by atoms with Gasteiger partial charge in [-0.25, -0.2) is 0 Å². The summed E-state index contributed by atoms with van der Waals surface area (Å²) >= 11 is 0. The Morgan fingerprint density at radius 2 is 2.35 bits per heavy atom. The summed E-state index contributed by atoms with van der Waals surface area (Å²) in [7, 11) is 0. The lowest BCUT2D eigenvalue weighted by Crippen LogP contribution is -2.08. The molecule has 0 unspecified atom stereocenters. The molecule has 3 rings (SSSR count). The van der Waals surface area contributed by atoms with Crippen LogP contribution in [0.5, 0.6) is 0 Å². The fourth-order valence-corrected chi connectivity index (χ4v) is 2.47. The van der Waals surface area contributed by atoms with Crippen LogP contribution >= 0.6 is 0 Å². The Morgan fingerprint density at radius 1 is 1.47 bits per heavy atom. The van der Waals surface area contributed by atoms with E-state index in [1.54, 1.807) is 6.92 Å². The summed E-state index contributed by atoms with van der Waals surface area (Å²) < 4.78 is 5.50. The number of ether oxygens (including phenoxy) is 1. The first-order chi connectivity index (χ1) is 8.24. The van der Waals surface area contributed by atoms with Crippen LogP contribution in [-0.4, -0.2) is 17.4 Å². The van der Waals surface area contributed by atoms with Crippen LogP contribution in [-0.2, 0) is 29.0 Å². The first kappa shape index (κ1) is 10.5. The maximum atomic E-state index is 11.1. The van der Waals surface area contributed by atoms with Crippen LogP contribution in [0.4, 0.5) is 0 Å². The van der Waals surface area contributed by atoms with Gasteiger partial charge in [0.2, 0.25) is 0 Å². The standard InChI is InChI=1S/C14H15NO2/c1-9(16)6-10-2-3-13-11(7-10)12-8-17-5-4-14(12)15-13/h2-3,7,15H,4-6,8H2,1H3. The number of benzene rings is 1. The van der Waals surface area contributed by atoms with Crippen molar-refractivity contribution in [2.45, 2.75) is 26.4 Å². The van der Waals surface area contributed by atoms with Crippen molar-refractivity contribution < 1.29 is 9.53 Å². The monoisotopic (exact) mass is 229 g/mol. The molecule has 17 heavy (non-hydrogen) atoms. The van der Waals surface area contributed by atoms with Gasteiger partial charge in [-0.2, -0.15) is 0 Å². The average molecular weight is 229 g/mol. The fourth-order valence-electron chi connectivity index (χ4n) is 2.47. The predicted octanol–water partition coefficient (Wildman–Crippen LogP) is 2.37. The van der Waals surface area contributed by atoms with Crippen LogP contribution in [0.1, 0.15) is 23.7 Å². The van der Waals surface area contributed by atoms with Crippen molar-refractivity contribution in [3.05, 3.63) is 35.0 Å². The van der Waals surface area contributed by atoms with E-state index in [-0.39, 0.29) is 5.78 Å². The van der Waals surface area contributed by atoms with E-state index in [9.17, 15) is 4.79 Å². The molecule has 2 heterocycles. The van der Waals surface area contributed by atoms with Crippen molar-refractivity contribution in [3.63, 3.8) is 0 Å². The summed E-state index contributed by atoms with van der Waals surface area (Å²) in [5.74, 6) is 0.199. The van der Waals surface area contributed by atoms with E-state index in [0.29, 0.717) is 13.0 Å². The lowest BCUT2D eigenvalue weighted by molar-refractivity contribution is -0.116. The number of fused-ring (bicyclic) bond motifs is 3. The molecule has 3 heteroatoms. The minimum atomic E-state index is 0.199. The second kappa shape index (κ2) is 4.00. The van der Waals surface area contributed by atoms with Gasteiger partial charge in [0.15, 0.2) is 0 Å². The summed E-state index contributed by atoms with van der Waals surface area (Å²) in [6, 6.07) is 6.19. The first-order valence-electron chi connectivity index (χ1n) is 5.93. The molecule has 88 valence electrons. The molecule has 0 radical (unpaired) electrons. The second-order valence-corrected chi connectivity index (χ2v) is 4.64. The van der Waals surface area contributed by atoms with Crippen LogP contribution in [0.3, 0.4) is 0 Å². The van der Waals surface area contributed by atoms with E-state index in [4.69, 9.17) is 4.74 Å². The van der Waals surface area contributed by atoms with Gasteiger partial charge in [-0.05, 0) is 24.6 Å². The van der Waals surface area contributed by atoms with E-state index >= 15 is 0 Å². The zero-order valence-corrected chi connectivity index (χ0v) is 9.88. The Hall–Kier alpha value is -1.61. The molecule has 2 aromatic rings. The Bertz CT molecular complexity index is 583. The predicted molar refractivity (Wildman–Crippen MR) is 66.0 cm³/mol. The van der Waals surface area contributed by atoms with E-state index in [1.807, 2.05) is 6.07 Å². The Kier molecular flexibility index (Phi) is 2.48. The van der Waals surface area contributed by atoms with E-state index in [0.717, 1.165) is 24.1 Å². The van der Waals surface area contributed by atoms with E-state index < -0.39 is 0 Å². The summed E-state index contributed by atoms with van der Waals surface area (Å²) in [5, 5.41) is 1.21. The largest absolute Gasteiger partial charge is 0.376 e. The van der Waals surface area contributed by atoms with Crippen LogP contribution in [0.25, 0.3) is 10.9 Å². The highest BCUT2D eigenvalue weighted by atomic mass is 16.5. The van der Waals surface area contributed by atoms with Crippen molar-refractivity contribution in [1.82, 2.24) is 4.98 Å². The van der Waals surface area contributed by atoms with E-state index in [2.05, 4.69) is 17.1 Å². The molecule has 0 saturated carbocycles. The molecule has 1 aromatic heterocycles. The number of carbonyl (C=O) groups is 1. The van der Waals surface area contributed by atoms with Gasteiger partial charge in [-0.15, -0.1) is 0 Å².